The maximum atomic E-state index is 13.3. The van der Waals surface area contributed by atoms with Crippen LogP contribution in [-0.2, 0) is 11.2 Å². The van der Waals surface area contributed by atoms with Gasteiger partial charge in [-0.25, -0.2) is 9.97 Å². The average molecular weight is 369 g/mol. The van der Waals surface area contributed by atoms with Gasteiger partial charge in [-0.2, -0.15) is 0 Å². The minimum absolute atomic E-state index is 0.0154. The van der Waals surface area contributed by atoms with Gasteiger partial charge in [-0.1, -0.05) is 5.16 Å². The fraction of sp³-hybridized carbons (Fsp3) is 0.579. The molecule has 27 heavy (non-hydrogen) atoms. The predicted molar refractivity (Wildman–Crippen MR) is 96.7 cm³/mol. The first-order chi connectivity index (χ1) is 13.1. The topological polar surface area (TPSA) is 84.6 Å². The van der Waals surface area contributed by atoms with E-state index in [1.165, 1.54) is 0 Å². The van der Waals surface area contributed by atoms with Gasteiger partial charge in [0, 0.05) is 37.3 Å². The van der Waals surface area contributed by atoms with Crippen LogP contribution in [0.25, 0.3) is 0 Å². The number of morpholine rings is 1. The van der Waals surface area contributed by atoms with E-state index >= 15 is 0 Å². The first-order valence-corrected chi connectivity index (χ1v) is 9.57. The lowest BCUT2D eigenvalue weighted by molar-refractivity contribution is 0.0641. The van der Waals surface area contributed by atoms with Gasteiger partial charge in [-0.05, 0) is 26.7 Å². The van der Waals surface area contributed by atoms with E-state index in [2.05, 4.69) is 15.0 Å². The van der Waals surface area contributed by atoms with E-state index in [1.807, 2.05) is 18.0 Å². The number of nitrogens with zero attached hydrogens (tertiary/aromatic N) is 5. The lowest BCUT2D eigenvalue weighted by Gasteiger charge is -2.36. The van der Waals surface area contributed by atoms with Crippen molar-refractivity contribution in [3.8, 4) is 0 Å². The summed E-state index contributed by atoms with van der Waals surface area (Å²) in [6.45, 7) is 6.69. The van der Waals surface area contributed by atoms with Gasteiger partial charge in [0.25, 0.3) is 5.91 Å². The second kappa shape index (κ2) is 6.30. The molecule has 0 aromatic carbocycles. The molecule has 0 spiro atoms. The van der Waals surface area contributed by atoms with Gasteiger partial charge in [-0.3, -0.25) is 4.79 Å². The molecule has 3 aliphatic rings. The first kappa shape index (κ1) is 16.7. The molecule has 8 nitrogen and oxygen atoms in total. The molecule has 0 radical (unpaired) electrons. The van der Waals surface area contributed by atoms with Crippen molar-refractivity contribution in [3.63, 3.8) is 0 Å². The summed E-state index contributed by atoms with van der Waals surface area (Å²) in [6.07, 6.45) is 4.64. The van der Waals surface area contributed by atoms with Crippen LogP contribution in [0.4, 0.5) is 5.95 Å². The minimum Gasteiger partial charge on any atom is -0.378 e. The molecule has 142 valence electrons. The lowest BCUT2D eigenvalue weighted by Crippen LogP contribution is -2.43. The molecule has 1 amide bonds. The predicted octanol–water partition coefficient (Wildman–Crippen LogP) is 1.82. The molecule has 2 aromatic rings. The summed E-state index contributed by atoms with van der Waals surface area (Å²) < 4.78 is 10.6. The molecule has 2 saturated heterocycles. The molecule has 2 bridgehead atoms. The highest BCUT2D eigenvalue weighted by molar-refractivity contribution is 5.97. The molecule has 2 fully saturated rings. The average Bonchev–Trinajstić information content (AvgIpc) is 3.19. The second-order valence-electron chi connectivity index (χ2n) is 7.53. The minimum atomic E-state index is 0.0154. The van der Waals surface area contributed by atoms with Crippen LogP contribution in [0, 0.1) is 13.8 Å². The van der Waals surface area contributed by atoms with E-state index in [-0.39, 0.29) is 18.0 Å². The van der Waals surface area contributed by atoms with Crippen LogP contribution in [0.2, 0.25) is 0 Å². The number of aromatic nitrogens is 3. The maximum absolute atomic E-state index is 13.3. The highest BCUT2D eigenvalue weighted by Crippen LogP contribution is 2.44. The van der Waals surface area contributed by atoms with Crippen molar-refractivity contribution in [1.82, 2.24) is 20.0 Å². The summed E-state index contributed by atoms with van der Waals surface area (Å²) in [4.78, 5) is 26.9. The monoisotopic (exact) mass is 369 g/mol. The molecular weight excluding hydrogens is 346 g/mol. The van der Waals surface area contributed by atoms with Gasteiger partial charge in [0.15, 0.2) is 0 Å². The molecule has 8 heteroatoms. The second-order valence-corrected chi connectivity index (χ2v) is 7.53. The van der Waals surface area contributed by atoms with E-state index in [1.54, 1.807) is 6.92 Å². The standard InChI is InChI=1S/C19H23N5O3/c1-11-17(12(2)27-22-11)18(25)24-13-3-4-16(24)14-10-20-19(21-15(14)9-13)23-5-7-26-8-6-23/h10,13,16H,3-9H2,1-2H3/t13-,16-/m0/s1. The van der Waals surface area contributed by atoms with Gasteiger partial charge in [-0.15, -0.1) is 0 Å². The fourth-order valence-corrected chi connectivity index (χ4v) is 4.61. The third kappa shape index (κ3) is 2.62. The molecule has 2 atom stereocenters. The van der Waals surface area contributed by atoms with Crippen LogP contribution in [0.3, 0.4) is 0 Å². The van der Waals surface area contributed by atoms with Crippen molar-refractivity contribution in [2.75, 3.05) is 31.2 Å². The highest BCUT2D eigenvalue weighted by atomic mass is 16.5. The van der Waals surface area contributed by atoms with Crippen LogP contribution in [0.1, 0.15) is 52.0 Å². The van der Waals surface area contributed by atoms with Crippen molar-refractivity contribution in [3.05, 3.63) is 34.5 Å². The van der Waals surface area contributed by atoms with Crippen molar-refractivity contribution >= 4 is 11.9 Å². The molecule has 0 N–H and O–H groups in total. The number of aryl methyl sites for hydroxylation is 2. The quantitative estimate of drug-likeness (QED) is 0.798. The van der Waals surface area contributed by atoms with Crippen LogP contribution in [0.15, 0.2) is 10.7 Å². The van der Waals surface area contributed by atoms with Crippen molar-refractivity contribution in [1.29, 1.82) is 0 Å². The Morgan fingerprint density at radius 1 is 1.22 bits per heavy atom. The maximum Gasteiger partial charge on any atom is 0.260 e. The van der Waals surface area contributed by atoms with Crippen molar-refractivity contribution < 1.29 is 14.1 Å². The smallest absolute Gasteiger partial charge is 0.260 e. The molecular formula is C19H23N5O3. The Morgan fingerprint density at radius 2 is 2.04 bits per heavy atom. The Hall–Kier alpha value is -2.48. The van der Waals surface area contributed by atoms with E-state index < -0.39 is 0 Å². The Balaban J connectivity index is 1.46. The van der Waals surface area contributed by atoms with Crippen LogP contribution in [-0.4, -0.2) is 58.3 Å². The number of fused-ring (bicyclic) bond motifs is 4. The third-order valence-electron chi connectivity index (χ3n) is 5.95. The molecule has 5 rings (SSSR count). The summed E-state index contributed by atoms with van der Waals surface area (Å²) in [6, 6.07) is 0.217. The molecule has 5 heterocycles. The molecule has 2 aromatic heterocycles. The summed E-state index contributed by atoms with van der Waals surface area (Å²) in [5, 5.41) is 3.95. The molecule has 3 aliphatic heterocycles. The number of carbonyl (C=O) groups is 1. The Morgan fingerprint density at radius 3 is 2.78 bits per heavy atom. The van der Waals surface area contributed by atoms with E-state index in [0.29, 0.717) is 30.2 Å². The van der Waals surface area contributed by atoms with E-state index in [0.717, 1.165) is 49.6 Å². The SMILES string of the molecule is Cc1noc(C)c1C(=O)N1[C@H]2CC[C@H]1c1cnc(N3CCOCC3)nc1C2. The van der Waals surface area contributed by atoms with Gasteiger partial charge in [0.05, 0.1) is 30.6 Å². The van der Waals surface area contributed by atoms with Crippen molar-refractivity contribution in [2.45, 2.75) is 45.2 Å². The Labute approximate surface area is 157 Å². The zero-order valence-electron chi connectivity index (χ0n) is 15.6. The number of rotatable bonds is 2. The zero-order valence-corrected chi connectivity index (χ0v) is 15.6. The van der Waals surface area contributed by atoms with E-state index in [4.69, 9.17) is 14.2 Å². The van der Waals surface area contributed by atoms with Gasteiger partial charge in [0.1, 0.15) is 11.3 Å². The highest BCUT2D eigenvalue weighted by Gasteiger charge is 2.45. The summed E-state index contributed by atoms with van der Waals surface area (Å²) in [7, 11) is 0. The summed E-state index contributed by atoms with van der Waals surface area (Å²) in [5.74, 6) is 1.38. The number of anilines is 1. The summed E-state index contributed by atoms with van der Waals surface area (Å²) in [5.41, 5.74) is 3.42. The Bertz CT molecular complexity index is 870. The van der Waals surface area contributed by atoms with Crippen LogP contribution >= 0.6 is 0 Å². The largest absolute Gasteiger partial charge is 0.378 e. The lowest BCUT2D eigenvalue weighted by atomic mass is 9.98. The number of carbonyl (C=O) groups excluding carboxylic acids is 1. The molecule has 0 aliphatic carbocycles. The number of hydrogen-bond donors (Lipinski definition) is 0. The Kier molecular flexibility index (Phi) is 3.89. The van der Waals surface area contributed by atoms with Crippen LogP contribution in [0.5, 0.6) is 0 Å². The first-order valence-electron chi connectivity index (χ1n) is 9.57. The number of hydrogen-bond acceptors (Lipinski definition) is 7. The zero-order chi connectivity index (χ0) is 18.5. The third-order valence-corrected chi connectivity index (χ3v) is 5.95. The van der Waals surface area contributed by atoms with Gasteiger partial charge >= 0.3 is 0 Å². The van der Waals surface area contributed by atoms with Gasteiger partial charge in [0.2, 0.25) is 5.95 Å². The summed E-state index contributed by atoms with van der Waals surface area (Å²) >= 11 is 0. The van der Waals surface area contributed by atoms with Crippen LogP contribution < -0.4 is 4.90 Å². The number of ether oxygens (including phenoxy) is 1. The van der Waals surface area contributed by atoms with Crippen molar-refractivity contribution in [2.24, 2.45) is 0 Å². The fourth-order valence-electron chi connectivity index (χ4n) is 4.61. The number of amides is 1. The normalized spacial score (nSPS) is 24.2. The van der Waals surface area contributed by atoms with Gasteiger partial charge < -0.3 is 19.1 Å². The molecule has 0 unspecified atom stereocenters. The molecule has 0 saturated carbocycles. The van der Waals surface area contributed by atoms with E-state index in [9.17, 15) is 4.79 Å².